The van der Waals surface area contributed by atoms with Crippen LogP contribution in [0.5, 0.6) is 0 Å². The van der Waals surface area contributed by atoms with E-state index in [9.17, 15) is 34.0 Å². The van der Waals surface area contributed by atoms with E-state index in [0.29, 0.717) is 37.9 Å². The summed E-state index contributed by atoms with van der Waals surface area (Å²) in [5, 5.41) is 35.3. The van der Waals surface area contributed by atoms with Gasteiger partial charge < -0.3 is 25.2 Å². The predicted octanol–water partition coefficient (Wildman–Crippen LogP) is 8.00. The van der Waals surface area contributed by atoms with Crippen molar-refractivity contribution in [1.82, 2.24) is 30.5 Å². The zero-order valence-electron chi connectivity index (χ0n) is 36.9. The molecule has 1 aromatic heterocycles. The number of rotatable bonds is 22. The number of aromatic nitrogens is 4. The molecule has 0 aliphatic carbocycles. The van der Waals surface area contributed by atoms with Crippen molar-refractivity contribution in [1.29, 1.82) is 0 Å². The van der Waals surface area contributed by atoms with Crippen LogP contribution in [-0.4, -0.2) is 83.8 Å². The zero-order valence-corrected chi connectivity index (χ0v) is 36.9. The monoisotopic (exact) mass is 875 g/mol. The lowest BCUT2D eigenvalue weighted by Gasteiger charge is -2.32. The molecule has 3 N–H and O–H groups in total. The molecule has 4 aromatic carbocycles. The fourth-order valence-corrected chi connectivity index (χ4v) is 7.18. The van der Waals surface area contributed by atoms with E-state index in [-0.39, 0.29) is 60.9 Å². The first-order chi connectivity index (χ1) is 30.8. The number of nitroso groups, excluding NO2 is 1. The van der Waals surface area contributed by atoms with E-state index in [2.05, 4.69) is 26.1 Å². The van der Waals surface area contributed by atoms with Crippen LogP contribution in [0.25, 0.3) is 33.6 Å². The van der Waals surface area contributed by atoms with Crippen LogP contribution in [0.3, 0.4) is 0 Å². The minimum atomic E-state index is -1.02. The van der Waals surface area contributed by atoms with Gasteiger partial charge in [-0.3, -0.25) is 19.2 Å². The average Bonchev–Trinajstić information content (AvgIpc) is 3.77. The van der Waals surface area contributed by atoms with Crippen molar-refractivity contribution in [2.75, 3.05) is 6.61 Å². The second kappa shape index (κ2) is 25.1. The summed E-state index contributed by atoms with van der Waals surface area (Å²) >= 11 is 0. The Kier molecular flexibility index (Phi) is 19.4. The van der Waals surface area contributed by atoms with Crippen molar-refractivity contribution in [3.63, 3.8) is 0 Å². The molecule has 16 heteroatoms. The largest absolute Gasteiger partial charge is 0.481 e. The molecule has 64 heavy (non-hydrogen) atoms. The first-order valence-electron chi connectivity index (χ1n) is 21.4. The summed E-state index contributed by atoms with van der Waals surface area (Å²) in [7, 11) is 0. The minimum absolute atomic E-state index is 0.0907. The molecule has 0 aliphatic rings. The van der Waals surface area contributed by atoms with Gasteiger partial charge in [0.05, 0.1) is 24.2 Å². The Balaban J connectivity index is 0.000000283. The van der Waals surface area contributed by atoms with Crippen LogP contribution in [0.2, 0.25) is 0 Å². The van der Waals surface area contributed by atoms with Crippen molar-refractivity contribution in [3.8, 4) is 33.6 Å². The first kappa shape index (κ1) is 49.6. The van der Waals surface area contributed by atoms with Gasteiger partial charge in [0.25, 0.3) is 0 Å². The maximum Gasteiger partial charge on any atom is 0.326 e. The Morgan fingerprint density at radius 1 is 0.766 bits per heavy atom. The Morgan fingerprint density at radius 2 is 1.38 bits per heavy atom. The molecule has 0 fully saturated rings. The number of ether oxygens (including phenoxy) is 1. The molecule has 0 spiro atoms. The smallest absolute Gasteiger partial charge is 0.326 e. The number of tetrazole rings is 1. The molecule has 0 saturated heterocycles. The highest BCUT2D eigenvalue weighted by molar-refractivity contribution is 5.84. The number of carboxylic acid groups (broad SMARTS) is 2. The van der Waals surface area contributed by atoms with Gasteiger partial charge in [-0.25, -0.2) is 4.79 Å². The van der Waals surface area contributed by atoms with Gasteiger partial charge in [0.1, 0.15) is 6.04 Å². The Labute approximate surface area is 373 Å². The third-order valence-electron chi connectivity index (χ3n) is 10.4. The Morgan fingerprint density at radius 3 is 1.97 bits per heavy atom. The van der Waals surface area contributed by atoms with Crippen LogP contribution < -0.4 is 5.32 Å². The van der Waals surface area contributed by atoms with Crippen molar-refractivity contribution >= 4 is 29.7 Å². The van der Waals surface area contributed by atoms with Crippen molar-refractivity contribution in [2.24, 2.45) is 17.1 Å². The Hall–Kier alpha value is -7.10. The van der Waals surface area contributed by atoms with Gasteiger partial charge >= 0.3 is 17.9 Å². The summed E-state index contributed by atoms with van der Waals surface area (Å²) in [5.41, 5.74) is 6.35. The van der Waals surface area contributed by atoms with E-state index >= 15 is 0 Å². The number of hydrogen-bond acceptors (Lipinski definition) is 11. The highest BCUT2D eigenvalue weighted by Gasteiger charge is 2.32. The van der Waals surface area contributed by atoms with Crippen LogP contribution in [0, 0.1) is 16.7 Å². The normalized spacial score (nSPS) is 12.2. The summed E-state index contributed by atoms with van der Waals surface area (Å²) in [6, 6.07) is 31.8. The van der Waals surface area contributed by atoms with E-state index in [1.54, 1.807) is 33.8 Å². The fourth-order valence-electron chi connectivity index (χ4n) is 7.18. The van der Waals surface area contributed by atoms with Gasteiger partial charge in [0, 0.05) is 31.0 Å². The number of carboxylic acids is 2. The number of nitrogens with one attached hydrogen (secondary N) is 1. The van der Waals surface area contributed by atoms with Gasteiger partial charge in [-0.15, -0.1) is 10.0 Å². The quantitative estimate of drug-likeness (QED) is 0.0444. The number of carbonyl (C=O) groups is 5. The molecule has 5 aromatic rings. The van der Waals surface area contributed by atoms with Gasteiger partial charge in [0.15, 0.2) is 0 Å². The maximum atomic E-state index is 12.9. The van der Waals surface area contributed by atoms with Crippen LogP contribution in [0.15, 0.2) is 108 Å². The molecule has 0 unspecified atom stereocenters. The fraction of sp³-hybridized carbons (Fsp3) is 0.375. The number of hydrogen-bond donors (Lipinski definition) is 3. The number of carbonyl (C=O) groups excluding carboxylic acids is 3. The van der Waals surface area contributed by atoms with E-state index in [4.69, 9.17) is 9.84 Å². The lowest BCUT2D eigenvalue weighted by Crippen LogP contribution is -2.47. The van der Waals surface area contributed by atoms with Crippen LogP contribution in [0.1, 0.15) is 84.3 Å². The molecule has 338 valence electrons. The van der Waals surface area contributed by atoms with E-state index in [0.717, 1.165) is 44.6 Å². The van der Waals surface area contributed by atoms with E-state index < -0.39 is 18.0 Å². The van der Waals surface area contributed by atoms with Crippen LogP contribution >= 0.6 is 0 Å². The molecule has 5 rings (SSSR count). The maximum absolute atomic E-state index is 12.9. The molecule has 16 nitrogen and oxygen atoms in total. The molecule has 0 bridgehead atoms. The van der Waals surface area contributed by atoms with Gasteiger partial charge in [0.2, 0.25) is 17.6 Å². The topological polar surface area (TPSA) is 223 Å². The molecule has 3 atom stereocenters. The summed E-state index contributed by atoms with van der Waals surface area (Å²) in [6.07, 6.45) is 2.53. The van der Waals surface area contributed by atoms with Crippen molar-refractivity contribution < 1.29 is 38.9 Å². The van der Waals surface area contributed by atoms with Crippen LogP contribution in [-0.2, 0) is 41.7 Å². The zero-order chi connectivity index (χ0) is 46.6. The van der Waals surface area contributed by atoms with Crippen LogP contribution in [0.4, 0.5) is 0 Å². The minimum Gasteiger partial charge on any atom is -0.481 e. The van der Waals surface area contributed by atoms with Gasteiger partial charge in [-0.2, -0.15) is 0 Å². The molecular weight excluding hydrogens is 819 g/mol. The Bertz CT molecular complexity index is 2300. The standard InChI is InChI=1S/C24H28N6O4.C24H29NO5/c1-4-5-10-21(31)29(22(16(2)3)24(32)33)15-17-11-13-18(14-12-17)19-8-6-7-9-20(19)23-25-26-27-30(23)28-34;1-3-30-24(29)17(2)15-21(25-22(26)13-14-23(27)28)16-18-9-11-20(12-10-18)19-7-5-4-6-8-19/h6-9,11-14,16,22H,4-5,10,15H2,1-3H3,(H,32,33);4-12,17,21H,3,13-16H2,1-2H3,(H,25,26)(H,27,28)/t22-;17-,21+/m01/s1. The van der Waals surface area contributed by atoms with E-state index in [1.165, 1.54) is 4.90 Å². The lowest BCUT2D eigenvalue weighted by atomic mass is 9.94. The number of aliphatic carboxylic acids is 2. The molecule has 0 radical (unpaired) electrons. The molecule has 0 aliphatic heterocycles. The summed E-state index contributed by atoms with van der Waals surface area (Å²) in [5.74, 6) is -3.20. The lowest BCUT2D eigenvalue weighted by molar-refractivity contribution is -0.153. The average molecular weight is 876 g/mol. The first-order valence-corrected chi connectivity index (χ1v) is 21.4. The molecule has 0 saturated carbocycles. The van der Waals surface area contributed by atoms with E-state index in [1.807, 2.05) is 104 Å². The molecule has 1 heterocycles. The van der Waals surface area contributed by atoms with Crippen molar-refractivity contribution in [2.45, 2.75) is 98.2 Å². The summed E-state index contributed by atoms with van der Waals surface area (Å²) < 4.78 is 5.07. The highest BCUT2D eigenvalue weighted by atomic mass is 16.5. The number of esters is 1. The second-order valence-corrected chi connectivity index (χ2v) is 15.7. The summed E-state index contributed by atoms with van der Waals surface area (Å²) in [4.78, 5) is 73.1. The third kappa shape index (κ3) is 14.8. The second-order valence-electron chi connectivity index (χ2n) is 15.7. The van der Waals surface area contributed by atoms with Gasteiger partial charge in [-0.05, 0) is 75.9 Å². The van der Waals surface area contributed by atoms with Crippen molar-refractivity contribution in [3.05, 3.63) is 119 Å². The predicted molar refractivity (Wildman–Crippen MR) is 241 cm³/mol. The van der Waals surface area contributed by atoms with Gasteiger partial charge in [-0.1, -0.05) is 142 Å². The molecular formula is C48H57N7O9. The SMILES string of the molecule is CCCCC(=O)N(Cc1ccc(-c2ccccc2-c2nnnn2N=O)cc1)[C@H](C(=O)O)C(C)C.CCOC(=O)[C@H](C)C[C@@H](Cc1ccc(-c2ccccc2)cc1)NC(=O)CCC(=O)O. The third-order valence-corrected chi connectivity index (χ3v) is 10.4. The number of amides is 2. The molecule has 2 amide bonds. The number of unbranched alkanes of at least 4 members (excludes halogenated alkanes) is 1. The number of benzene rings is 4. The summed E-state index contributed by atoms with van der Waals surface area (Å²) in [6.45, 7) is 9.64. The highest BCUT2D eigenvalue weighted by Crippen LogP contribution is 2.31. The number of nitrogens with zero attached hydrogens (tertiary/aromatic N) is 6.